The fourth-order valence-electron chi connectivity index (χ4n) is 2.05. The highest BCUT2D eigenvalue weighted by atomic mass is 32.2. The van der Waals surface area contributed by atoms with Crippen LogP contribution in [0.25, 0.3) is 0 Å². The maximum atomic E-state index is 14.0. The second kappa shape index (κ2) is 8.34. The predicted octanol–water partition coefficient (Wildman–Crippen LogP) is 2.08. The summed E-state index contributed by atoms with van der Waals surface area (Å²) in [6, 6.07) is 12.3. The van der Waals surface area contributed by atoms with E-state index in [4.69, 9.17) is 16.6 Å². The average Bonchev–Trinajstić information content (AvgIpc) is 2.60. The first kappa shape index (κ1) is 19.9. The summed E-state index contributed by atoms with van der Waals surface area (Å²) < 4.78 is 36.9. The van der Waals surface area contributed by atoms with Crippen LogP contribution in [0.4, 0.5) is 21.5 Å². The van der Waals surface area contributed by atoms with Crippen molar-refractivity contribution in [1.29, 1.82) is 0 Å². The Labute approximate surface area is 156 Å². The summed E-state index contributed by atoms with van der Waals surface area (Å²) in [6.07, 6.45) is 0.743. The van der Waals surface area contributed by atoms with Gasteiger partial charge in [0, 0.05) is 23.3 Å². The van der Waals surface area contributed by atoms with Crippen molar-refractivity contribution in [3.8, 4) is 0 Å². The van der Waals surface area contributed by atoms with E-state index in [9.17, 15) is 12.8 Å². The number of primary sulfonamides is 1. The van der Waals surface area contributed by atoms with Gasteiger partial charge >= 0.3 is 0 Å². The third-order valence-electron chi connectivity index (χ3n) is 3.22. The molecular formula is C17H19FN6O2S. The Kier molecular flexibility index (Phi) is 6.16. The Balaban J connectivity index is 2.25. The van der Waals surface area contributed by atoms with Crippen LogP contribution in [0.1, 0.15) is 0 Å². The Bertz CT molecular complexity index is 1020. The van der Waals surface area contributed by atoms with E-state index in [-0.39, 0.29) is 16.6 Å². The lowest BCUT2D eigenvalue weighted by molar-refractivity contribution is 0.598. The summed E-state index contributed by atoms with van der Waals surface area (Å²) in [4.78, 5) is 3.93. The summed E-state index contributed by atoms with van der Waals surface area (Å²) in [5.41, 5.74) is 12.3. The normalized spacial score (nSPS) is 12.5. The molecule has 0 spiro atoms. The van der Waals surface area contributed by atoms with Crippen LogP contribution in [0.15, 0.2) is 82.8 Å². The molecule has 27 heavy (non-hydrogen) atoms. The van der Waals surface area contributed by atoms with Gasteiger partial charge in [-0.3, -0.25) is 0 Å². The molecule has 8 nitrogen and oxygen atoms in total. The Morgan fingerprint density at radius 2 is 1.74 bits per heavy atom. The van der Waals surface area contributed by atoms with Gasteiger partial charge in [-0.2, -0.15) is 0 Å². The molecule has 142 valence electrons. The van der Waals surface area contributed by atoms with Gasteiger partial charge in [-0.05, 0) is 36.4 Å². The van der Waals surface area contributed by atoms with Crippen molar-refractivity contribution in [2.45, 2.75) is 4.90 Å². The topological polar surface area (TPSA) is 149 Å². The second-order valence-electron chi connectivity index (χ2n) is 5.37. The number of nitrogens with one attached hydrogen (secondary N) is 2. The summed E-state index contributed by atoms with van der Waals surface area (Å²) in [5, 5.41) is 10.6. The van der Waals surface area contributed by atoms with Gasteiger partial charge in [0.1, 0.15) is 5.82 Å². The first-order valence-corrected chi connectivity index (χ1v) is 9.11. The second-order valence-corrected chi connectivity index (χ2v) is 6.93. The molecule has 8 N–H and O–H groups in total. The molecule has 0 saturated carbocycles. The predicted molar refractivity (Wildman–Crippen MR) is 106 cm³/mol. The Morgan fingerprint density at radius 3 is 2.33 bits per heavy atom. The molecule has 0 aromatic heterocycles. The zero-order valence-corrected chi connectivity index (χ0v) is 15.0. The molecule has 10 heteroatoms. The number of nitrogens with two attached hydrogens (primary N) is 3. The number of hydrogen-bond acceptors (Lipinski definition) is 6. The van der Waals surface area contributed by atoms with Gasteiger partial charge in [-0.1, -0.05) is 18.7 Å². The van der Waals surface area contributed by atoms with Gasteiger partial charge in [0.25, 0.3) is 0 Å². The minimum absolute atomic E-state index is 0.0324. The van der Waals surface area contributed by atoms with Crippen LogP contribution >= 0.6 is 0 Å². The smallest absolute Gasteiger partial charge is 0.238 e. The van der Waals surface area contributed by atoms with Crippen molar-refractivity contribution >= 4 is 32.9 Å². The number of halogens is 1. The Hall–Kier alpha value is -3.37. The molecule has 0 saturated heterocycles. The van der Waals surface area contributed by atoms with E-state index in [0.29, 0.717) is 17.1 Å². The zero-order valence-electron chi connectivity index (χ0n) is 14.2. The van der Waals surface area contributed by atoms with Crippen LogP contribution in [0.2, 0.25) is 0 Å². The van der Waals surface area contributed by atoms with E-state index >= 15 is 0 Å². The maximum absolute atomic E-state index is 14.0. The average molecular weight is 390 g/mol. The number of benzene rings is 2. The quantitative estimate of drug-likeness (QED) is 0.290. The lowest BCUT2D eigenvalue weighted by Crippen LogP contribution is -2.16. The van der Waals surface area contributed by atoms with Crippen LogP contribution in [0, 0.1) is 0 Å². The number of aliphatic imine (C=N–C) groups is 1. The lowest BCUT2D eigenvalue weighted by Gasteiger charge is -2.11. The first-order valence-electron chi connectivity index (χ1n) is 7.57. The fourth-order valence-corrected chi connectivity index (χ4v) is 2.61. The standard InChI is InChI=1S/C17H19FN6O2S/c1-11(22-14-6-3-7-15(9-14)27(21,25)26)23-17(16(18)10-19)24-13-5-2-4-12(20)8-13/h2-10,22H,1,19-20H2,(H,23,24)(H2,21,25,26)/b16-10+. The third-order valence-corrected chi connectivity index (χ3v) is 4.13. The van der Waals surface area contributed by atoms with Crippen molar-refractivity contribution < 1.29 is 12.8 Å². The molecule has 0 aliphatic rings. The molecule has 0 radical (unpaired) electrons. The van der Waals surface area contributed by atoms with Gasteiger partial charge in [0.15, 0.2) is 11.7 Å². The molecule has 0 atom stereocenters. The summed E-state index contributed by atoms with van der Waals surface area (Å²) in [7, 11) is -3.86. The number of nitrogens with zero attached hydrogens (tertiary/aromatic N) is 1. The number of nitrogen functional groups attached to an aromatic ring is 1. The van der Waals surface area contributed by atoms with Crippen molar-refractivity contribution in [3.05, 3.63) is 73.0 Å². The molecule has 0 unspecified atom stereocenters. The van der Waals surface area contributed by atoms with Gasteiger partial charge in [0.2, 0.25) is 10.0 Å². The van der Waals surface area contributed by atoms with Crippen LogP contribution in [-0.4, -0.2) is 14.3 Å². The molecule has 0 amide bonds. The third kappa shape index (κ3) is 5.83. The van der Waals surface area contributed by atoms with E-state index < -0.39 is 15.9 Å². The van der Waals surface area contributed by atoms with E-state index in [0.717, 1.165) is 6.20 Å². The molecule has 2 rings (SSSR count). The summed E-state index contributed by atoms with van der Waals surface area (Å²) in [6.45, 7) is 3.68. The highest BCUT2D eigenvalue weighted by Gasteiger charge is 2.10. The van der Waals surface area contributed by atoms with Crippen LogP contribution in [0.3, 0.4) is 0 Å². The number of sulfonamides is 1. The summed E-state index contributed by atoms with van der Waals surface area (Å²) in [5.74, 6) is -0.994. The Morgan fingerprint density at radius 1 is 1.11 bits per heavy atom. The summed E-state index contributed by atoms with van der Waals surface area (Å²) >= 11 is 0. The van der Waals surface area contributed by atoms with Crippen LogP contribution in [-0.2, 0) is 10.0 Å². The zero-order chi connectivity index (χ0) is 20.0. The van der Waals surface area contributed by atoms with Crippen LogP contribution < -0.4 is 27.2 Å². The van der Waals surface area contributed by atoms with E-state index in [1.807, 2.05) is 0 Å². The molecule has 0 fully saturated rings. The molecule has 2 aromatic rings. The minimum atomic E-state index is -3.86. The minimum Gasteiger partial charge on any atom is -0.402 e. The molecule has 0 bridgehead atoms. The molecule has 0 aliphatic carbocycles. The lowest BCUT2D eigenvalue weighted by atomic mass is 10.3. The van der Waals surface area contributed by atoms with Gasteiger partial charge < -0.3 is 22.1 Å². The van der Waals surface area contributed by atoms with E-state index in [2.05, 4.69) is 22.2 Å². The maximum Gasteiger partial charge on any atom is 0.238 e. The SMILES string of the molecule is C=C(N=C(Nc1cccc(N)c1)/C(F)=C\N)Nc1cccc(S(N)(=O)=O)c1. The van der Waals surface area contributed by atoms with Crippen molar-refractivity contribution in [3.63, 3.8) is 0 Å². The number of anilines is 3. The highest BCUT2D eigenvalue weighted by Crippen LogP contribution is 2.18. The number of rotatable bonds is 6. The van der Waals surface area contributed by atoms with Gasteiger partial charge in [-0.15, -0.1) is 0 Å². The largest absolute Gasteiger partial charge is 0.402 e. The van der Waals surface area contributed by atoms with Crippen molar-refractivity contribution in [2.24, 2.45) is 15.9 Å². The number of hydrogen-bond donors (Lipinski definition) is 5. The van der Waals surface area contributed by atoms with Crippen molar-refractivity contribution in [1.82, 2.24) is 0 Å². The highest BCUT2D eigenvalue weighted by molar-refractivity contribution is 7.89. The molecule has 0 aliphatic heterocycles. The van der Waals surface area contributed by atoms with Crippen molar-refractivity contribution in [2.75, 3.05) is 16.4 Å². The van der Waals surface area contributed by atoms with Crippen LogP contribution in [0.5, 0.6) is 0 Å². The monoisotopic (exact) mass is 390 g/mol. The van der Waals surface area contributed by atoms with E-state index in [1.165, 1.54) is 18.2 Å². The first-order chi connectivity index (χ1) is 12.7. The van der Waals surface area contributed by atoms with Gasteiger partial charge in [0.05, 0.1) is 4.90 Å². The van der Waals surface area contributed by atoms with Gasteiger partial charge in [-0.25, -0.2) is 22.9 Å². The van der Waals surface area contributed by atoms with E-state index in [1.54, 1.807) is 30.3 Å². The number of amidine groups is 1. The fraction of sp³-hybridized carbons (Fsp3) is 0. The molecule has 0 heterocycles. The molecule has 2 aromatic carbocycles. The molecular weight excluding hydrogens is 371 g/mol.